The van der Waals surface area contributed by atoms with E-state index in [-0.39, 0.29) is 16.1 Å². The van der Waals surface area contributed by atoms with Crippen LogP contribution in [0.4, 0.5) is 27.6 Å². The maximum atomic E-state index is 14.3. The monoisotopic (exact) mass is 403 g/mol. The van der Waals surface area contributed by atoms with Gasteiger partial charge in [0, 0.05) is 11.8 Å². The van der Waals surface area contributed by atoms with Crippen LogP contribution in [0.5, 0.6) is 0 Å². The highest BCUT2D eigenvalue weighted by molar-refractivity contribution is 7.93. The van der Waals surface area contributed by atoms with Gasteiger partial charge in [0.15, 0.2) is 0 Å². The van der Waals surface area contributed by atoms with E-state index in [4.69, 9.17) is 0 Å². The van der Waals surface area contributed by atoms with Gasteiger partial charge in [-0.1, -0.05) is 17.3 Å². The van der Waals surface area contributed by atoms with Crippen LogP contribution in [0.1, 0.15) is 5.89 Å². The molecule has 0 spiro atoms. The Labute approximate surface area is 150 Å². The number of alkyl halides is 3. The van der Waals surface area contributed by atoms with E-state index in [1.54, 1.807) is 0 Å². The first-order chi connectivity index (χ1) is 12.6. The highest BCUT2D eigenvalue weighted by Crippen LogP contribution is 2.31. The van der Waals surface area contributed by atoms with Crippen LogP contribution < -0.4 is 0 Å². The molecule has 2 aromatic carbocycles. The number of nitrogens with zero attached hydrogens (tertiary/aromatic N) is 3. The van der Waals surface area contributed by atoms with Gasteiger partial charge in [0.1, 0.15) is 17.3 Å². The molecule has 1 aromatic heterocycles. The van der Waals surface area contributed by atoms with Gasteiger partial charge in [-0.3, -0.25) is 0 Å². The van der Waals surface area contributed by atoms with Crippen molar-refractivity contribution in [1.82, 2.24) is 10.1 Å². The van der Waals surface area contributed by atoms with Crippen LogP contribution in [-0.2, 0) is 15.9 Å². The van der Waals surface area contributed by atoms with Crippen LogP contribution in [0, 0.1) is 11.6 Å². The molecule has 0 radical (unpaired) electrons. The molecule has 0 amide bonds. The Balaban J connectivity index is 1.99. The first-order valence-electron chi connectivity index (χ1n) is 7.25. The number of halogens is 5. The topological polar surface area (TPSA) is 68.3 Å². The van der Waals surface area contributed by atoms with E-state index in [9.17, 15) is 26.2 Å². The standard InChI is InChI=1S/C16H10F5N3O2S/c1-27(25,13-5-3-2-4-10(13)17)24-12-7-6-9(8-11(12)18)14-22-15(26-23-14)16(19,20)21/h2-8H,1H3. The predicted octanol–water partition coefficient (Wildman–Crippen LogP) is 4.82. The molecule has 1 heterocycles. The van der Waals surface area contributed by atoms with E-state index in [0.29, 0.717) is 0 Å². The fraction of sp³-hybridized carbons (Fsp3) is 0.125. The second-order valence-corrected chi connectivity index (χ2v) is 7.64. The molecule has 0 saturated heterocycles. The number of benzene rings is 2. The third-order valence-corrected chi connectivity index (χ3v) is 5.08. The Morgan fingerprint density at radius 1 is 1.07 bits per heavy atom. The third-order valence-electron chi connectivity index (χ3n) is 3.39. The van der Waals surface area contributed by atoms with Crippen LogP contribution in [-0.4, -0.2) is 20.6 Å². The summed E-state index contributed by atoms with van der Waals surface area (Å²) in [5.74, 6) is -3.78. The molecule has 11 heteroatoms. The van der Waals surface area contributed by atoms with Gasteiger partial charge in [0.2, 0.25) is 5.82 Å². The molecule has 3 rings (SSSR count). The summed E-state index contributed by atoms with van der Waals surface area (Å²) in [5, 5.41) is 3.15. The molecule has 1 unspecified atom stereocenters. The fourth-order valence-electron chi connectivity index (χ4n) is 2.16. The summed E-state index contributed by atoms with van der Waals surface area (Å²) in [6.07, 6.45) is -3.68. The average Bonchev–Trinajstić information content (AvgIpc) is 3.07. The molecule has 0 N–H and O–H groups in total. The number of aromatic nitrogens is 2. The zero-order chi connectivity index (χ0) is 19.8. The zero-order valence-electron chi connectivity index (χ0n) is 13.5. The zero-order valence-corrected chi connectivity index (χ0v) is 14.3. The van der Waals surface area contributed by atoms with Crippen LogP contribution in [0.15, 0.2) is 56.2 Å². The summed E-state index contributed by atoms with van der Waals surface area (Å²) in [7, 11) is -3.30. The first kappa shape index (κ1) is 19.0. The van der Waals surface area contributed by atoms with E-state index in [1.807, 2.05) is 0 Å². The van der Waals surface area contributed by atoms with Gasteiger partial charge in [-0.15, -0.1) is 0 Å². The van der Waals surface area contributed by atoms with Gasteiger partial charge in [0.25, 0.3) is 0 Å². The van der Waals surface area contributed by atoms with Crippen LogP contribution in [0.3, 0.4) is 0 Å². The Morgan fingerprint density at radius 2 is 1.78 bits per heavy atom. The summed E-state index contributed by atoms with van der Waals surface area (Å²) in [6, 6.07) is 8.32. The van der Waals surface area contributed by atoms with Gasteiger partial charge in [-0.2, -0.15) is 22.5 Å². The Kier molecular flexibility index (Phi) is 4.72. The highest BCUT2D eigenvalue weighted by Gasteiger charge is 2.38. The molecule has 0 aliphatic carbocycles. The average molecular weight is 403 g/mol. The molecule has 142 valence electrons. The molecular formula is C16H10F5N3O2S. The summed E-state index contributed by atoms with van der Waals surface area (Å²) in [5.41, 5.74) is -0.451. The van der Waals surface area contributed by atoms with Crippen LogP contribution >= 0.6 is 0 Å². The molecule has 0 aliphatic rings. The van der Waals surface area contributed by atoms with E-state index in [2.05, 4.69) is 19.0 Å². The van der Waals surface area contributed by atoms with Crippen molar-refractivity contribution in [3.8, 4) is 11.4 Å². The molecular weight excluding hydrogens is 393 g/mol. The Bertz CT molecular complexity index is 1120. The number of hydrogen-bond donors (Lipinski definition) is 0. The molecule has 1 atom stereocenters. The largest absolute Gasteiger partial charge is 0.471 e. The lowest BCUT2D eigenvalue weighted by Crippen LogP contribution is -2.04. The van der Waals surface area contributed by atoms with E-state index in [0.717, 1.165) is 24.5 Å². The quantitative estimate of drug-likeness (QED) is 0.588. The minimum Gasteiger partial charge on any atom is -0.329 e. The van der Waals surface area contributed by atoms with Crippen molar-refractivity contribution < 1.29 is 30.7 Å². The molecule has 0 saturated carbocycles. The normalized spacial score (nSPS) is 14.0. The van der Waals surface area contributed by atoms with Crippen molar-refractivity contribution in [3.05, 3.63) is 60.0 Å². The van der Waals surface area contributed by atoms with Crippen molar-refractivity contribution in [2.45, 2.75) is 11.1 Å². The lowest BCUT2D eigenvalue weighted by Gasteiger charge is -2.06. The summed E-state index contributed by atoms with van der Waals surface area (Å²) >= 11 is 0. The van der Waals surface area contributed by atoms with Crippen molar-refractivity contribution in [2.24, 2.45) is 4.36 Å². The number of hydrogen-bond acceptors (Lipinski definition) is 5. The minimum absolute atomic E-state index is 0.0980. The van der Waals surface area contributed by atoms with Gasteiger partial charge in [-0.05, 0) is 30.3 Å². The van der Waals surface area contributed by atoms with E-state index < -0.39 is 39.3 Å². The second-order valence-electron chi connectivity index (χ2n) is 5.41. The number of rotatable bonds is 3. The highest BCUT2D eigenvalue weighted by atomic mass is 32.2. The van der Waals surface area contributed by atoms with E-state index in [1.165, 1.54) is 24.3 Å². The molecule has 3 aromatic rings. The predicted molar refractivity (Wildman–Crippen MR) is 85.5 cm³/mol. The van der Waals surface area contributed by atoms with Gasteiger partial charge >= 0.3 is 12.1 Å². The molecule has 0 bridgehead atoms. The Hall–Kier alpha value is -2.82. The van der Waals surface area contributed by atoms with Gasteiger partial charge < -0.3 is 4.52 Å². The second kappa shape index (κ2) is 6.72. The summed E-state index contributed by atoms with van der Waals surface area (Å²) in [4.78, 5) is 2.96. The fourth-order valence-corrected chi connectivity index (χ4v) is 3.55. The van der Waals surface area contributed by atoms with Crippen LogP contribution in [0.2, 0.25) is 0 Å². The molecule has 0 aliphatic heterocycles. The van der Waals surface area contributed by atoms with Crippen LogP contribution in [0.25, 0.3) is 11.4 Å². The SMILES string of the molecule is CS(=O)(=Nc1ccc(-c2noc(C(F)(F)F)n2)cc1F)c1ccccc1F. The maximum Gasteiger partial charge on any atom is 0.471 e. The minimum atomic E-state index is -4.83. The molecule has 27 heavy (non-hydrogen) atoms. The Morgan fingerprint density at radius 3 is 2.37 bits per heavy atom. The van der Waals surface area contributed by atoms with E-state index >= 15 is 0 Å². The first-order valence-corrected chi connectivity index (χ1v) is 9.18. The van der Waals surface area contributed by atoms with Crippen molar-refractivity contribution in [3.63, 3.8) is 0 Å². The lowest BCUT2D eigenvalue weighted by molar-refractivity contribution is -0.159. The lowest BCUT2D eigenvalue weighted by atomic mass is 10.2. The summed E-state index contributed by atoms with van der Waals surface area (Å²) < 4.78 is 86.1. The third kappa shape index (κ3) is 3.97. The summed E-state index contributed by atoms with van der Waals surface area (Å²) in [6.45, 7) is 0. The van der Waals surface area contributed by atoms with Crippen molar-refractivity contribution in [1.29, 1.82) is 0 Å². The smallest absolute Gasteiger partial charge is 0.329 e. The van der Waals surface area contributed by atoms with Gasteiger partial charge in [-0.25, -0.2) is 13.0 Å². The maximum absolute atomic E-state index is 14.3. The molecule has 0 fully saturated rings. The molecule has 5 nitrogen and oxygen atoms in total. The van der Waals surface area contributed by atoms with Crippen molar-refractivity contribution >= 4 is 15.4 Å². The van der Waals surface area contributed by atoms with Crippen molar-refractivity contribution in [2.75, 3.05) is 6.26 Å². The van der Waals surface area contributed by atoms with Gasteiger partial charge in [0.05, 0.1) is 14.6 Å².